The third kappa shape index (κ3) is 3.43. The molecule has 1 aromatic rings. The normalized spacial score (nSPS) is 19.6. The van der Waals surface area contributed by atoms with Crippen molar-refractivity contribution in [1.82, 2.24) is 4.90 Å². The Morgan fingerprint density at radius 2 is 2.39 bits per heavy atom. The van der Waals surface area contributed by atoms with Crippen LogP contribution in [0.2, 0.25) is 0 Å². The van der Waals surface area contributed by atoms with Crippen LogP contribution in [0.25, 0.3) is 6.08 Å². The van der Waals surface area contributed by atoms with Crippen LogP contribution in [0.15, 0.2) is 23.6 Å². The van der Waals surface area contributed by atoms with Crippen LogP contribution in [-0.4, -0.2) is 35.0 Å². The highest BCUT2D eigenvalue weighted by atomic mass is 32.1. The zero-order chi connectivity index (χ0) is 13.0. The molecule has 0 saturated carbocycles. The first-order valence-electron chi connectivity index (χ1n) is 5.87. The van der Waals surface area contributed by atoms with Gasteiger partial charge in [0.2, 0.25) is 5.91 Å². The summed E-state index contributed by atoms with van der Waals surface area (Å²) in [6.07, 6.45) is 4.30. The first-order valence-corrected chi connectivity index (χ1v) is 6.75. The first kappa shape index (κ1) is 12.8. The van der Waals surface area contributed by atoms with Crippen LogP contribution in [0.1, 0.15) is 17.7 Å². The summed E-state index contributed by atoms with van der Waals surface area (Å²) in [5.74, 6) is -0.721. The standard InChI is InChI=1S/C13H15NO3S/c15-12(4-3-11-2-1-7-18-11)14-6-5-10(9-14)8-13(16)17/h1-4,7,10H,5-6,8-9H2,(H,16,17). The smallest absolute Gasteiger partial charge is 0.303 e. The zero-order valence-electron chi connectivity index (χ0n) is 9.91. The highest BCUT2D eigenvalue weighted by Crippen LogP contribution is 2.20. The molecule has 1 aromatic heterocycles. The Morgan fingerprint density at radius 1 is 1.56 bits per heavy atom. The monoisotopic (exact) mass is 265 g/mol. The molecular formula is C13H15NO3S. The molecule has 1 atom stereocenters. The molecule has 18 heavy (non-hydrogen) atoms. The molecule has 2 rings (SSSR count). The summed E-state index contributed by atoms with van der Waals surface area (Å²) >= 11 is 1.58. The van der Waals surface area contributed by atoms with Gasteiger partial charge in [0.15, 0.2) is 0 Å². The molecule has 4 nitrogen and oxygen atoms in total. The summed E-state index contributed by atoms with van der Waals surface area (Å²) in [6.45, 7) is 1.21. The number of hydrogen-bond donors (Lipinski definition) is 1. The summed E-state index contributed by atoms with van der Waals surface area (Å²) in [4.78, 5) is 25.2. The lowest BCUT2D eigenvalue weighted by atomic mass is 10.1. The maximum Gasteiger partial charge on any atom is 0.303 e. The average molecular weight is 265 g/mol. The topological polar surface area (TPSA) is 57.6 Å². The van der Waals surface area contributed by atoms with Gasteiger partial charge in [-0.1, -0.05) is 6.07 Å². The van der Waals surface area contributed by atoms with Crippen LogP contribution in [0, 0.1) is 5.92 Å². The van der Waals surface area contributed by atoms with Crippen LogP contribution >= 0.6 is 11.3 Å². The minimum absolute atomic E-state index is 0.0312. The van der Waals surface area contributed by atoms with Gasteiger partial charge in [0.25, 0.3) is 0 Å². The average Bonchev–Trinajstić information content (AvgIpc) is 2.95. The molecule has 1 N–H and O–H groups in total. The molecule has 0 radical (unpaired) electrons. The predicted octanol–water partition coefficient (Wildman–Crippen LogP) is 2.08. The number of hydrogen-bond acceptors (Lipinski definition) is 3. The number of carboxylic acid groups (broad SMARTS) is 1. The summed E-state index contributed by atoms with van der Waals surface area (Å²) in [6, 6.07) is 3.89. The number of nitrogens with zero attached hydrogens (tertiary/aromatic N) is 1. The van der Waals surface area contributed by atoms with Crippen molar-refractivity contribution in [2.75, 3.05) is 13.1 Å². The first-order chi connectivity index (χ1) is 8.65. The number of aliphatic carboxylic acids is 1. The number of likely N-dealkylation sites (tertiary alicyclic amines) is 1. The van der Waals surface area contributed by atoms with Gasteiger partial charge in [-0.05, 0) is 29.9 Å². The molecule has 1 unspecified atom stereocenters. The fourth-order valence-corrected chi connectivity index (χ4v) is 2.71. The summed E-state index contributed by atoms with van der Waals surface area (Å²) < 4.78 is 0. The molecule has 2 heterocycles. The molecule has 0 aromatic carbocycles. The quantitative estimate of drug-likeness (QED) is 0.848. The lowest BCUT2D eigenvalue weighted by molar-refractivity contribution is -0.138. The van der Waals surface area contributed by atoms with E-state index in [0.717, 1.165) is 11.3 Å². The van der Waals surface area contributed by atoms with E-state index in [0.29, 0.717) is 13.1 Å². The molecule has 1 amide bonds. The summed E-state index contributed by atoms with van der Waals surface area (Å²) in [5, 5.41) is 10.7. The van der Waals surface area contributed by atoms with E-state index in [1.807, 2.05) is 17.5 Å². The maximum atomic E-state index is 11.9. The number of carbonyl (C=O) groups is 2. The molecule has 0 bridgehead atoms. The van der Waals surface area contributed by atoms with E-state index in [2.05, 4.69) is 0 Å². The van der Waals surface area contributed by atoms with Crippen molar-refractivity contribution < 1.29 is 14.7 Å². The van der Waals surface area contributed by atoms with E-state index in [-0.39, 0.29) is 18.2 Å². The third-order valence-electron chi connectivity index (χ3n) is 2.99. The second-order valence-corrected chi connectivity index (χ2v) is 5.36. The van der Waals surface area contributed by atoms with E-state index < -0.39 is 5.97 Å². The van der Waals surface area contributed by atoms with E-state index in [4.69, 9.17) is 5.11 Å². The van der Waals surface area contributed by atoms with Gasteiger partial charge in [0, 0.05) is 30.5 Å². The van der Waals surface area contributed by atoms with Crippen LogP contribution in [-0.2, 0) is 9.59 Å². The molecule has 1 fully saturated rings. The van der Waals surface area contributed by atoms with Crippen molar-refractivity contribution in [3.63, 3.8) is 0 Å². The van der Waals surface area contributed by atoms with Crippen molar-refractivity contribution in [3.8, 4) is 0 Å². The molecule has 1 saturated heterocycles. The van der Waals surface area contributed by atoms with Gasteiger partial charge in [0.05, 0.1) is 0 Å². The van der Waals surface area contributed by atoms with Gasteiger partial charge < -0.3 is 10.0 Å². The van der Waals surface area contributed by atoms with Crippen LogP contribution in [0.4, 0.5) is 0 Å². The van der Waals surface area contributed by atoms with Crippen LogP contribution < -0.4 is 0 Å². The number of amides is 1. The molecule has 96 valence electrons. The van der Waals surface area contributed by atoms with Crippen LogP contribution in [0.3, 0.4) is 0 Å². The molecule has 5 heteroatoms. The van der Waals surface area contributed by atoms with Crippen molar-refractivity contribution in [2.24, 2.45) is 5.92 Å². The van der Waals surface area contributed by atoms with Gasteiger partial charge in [0.1, 0.15) is 0 Å². The van der Waals surface area contributed by atoms with E-state index in [9.17, 15) is 9.59 Å². The maximum absolute atomic E-state index is 11.9. The minimum atomic E-state index is -0.788. The van der Waals surface area contributed by atoms with E-state index in [1.165, 1.54) is 0 Å². The number of carbonyl (C=O) groups excluding carboxylic acids is 1. The summed E-state index contributed by atoms with van der Waals surface area (Å²) in [5.41, 5.74) is 0. The van der Waals surface area contributed by atoms with Crippen molar-refractivity contribution in [3.05, 3.63) is 28.5 Å². The second-order valence-electron chi connectivity index (χ2n) is 4.39. The van der Waals surface area contributed by atoms with Gasteiger partial charge in [-0.25, -0.2) is 0 Å². The lowest BCUT2D eigenvalue weighted by Gasteiger charge is -2.13. The molecule has 1 aliphatic heterocycles. The van der Waals surface area contributed by atoms with Gasteiger partial charge in [-0.3, -0.25) is 9.59 Å². The summed E-state index contributed by atoms with van der Waals surface area (Å²) in [7, 11) is 0. The number of rotatable bonds is 4. The molecule has 0 spiro atoms. The largest absolute Gasteiger partial charge is 0.481 e. The van der Waals surface area contributed by atoms with Crippen molar-refractivity contribution in [1.29, 1.82) is 0 Å². The van der Waals surface area contributed by atoms with Gasteiger partial charge in [-0.15, -0.1) is 11.3 Å². The fourth-order valence-electron chi connectivity index (χ4n) is 2.09. The molecule has 0 aliphatic carbocycles. The highest BCUT2D eigenvalue weighted by molar-refractivity contribution is 7.10. The second kappa shape index (κ2) is 5.82. The Morgan fingerprint density at radius 3 is 3.06 bits per heavy atom. The van der Waals surface area contributed by atoms with E-state index >= 15 is 0 Å². The predicted molar refractivity (Wildman–Crippen MR) is 70.3 cm³/mol. The Labute approximate surface area is 110 Å². The Balaban J connectivity index is 1.86. The van der Waals surface area contributed by atoms with E-state index in [1.54, 1.807) is 28.4 Å². The number of carboxylic acids is 1. The fraction of sp³-hybridized carbons (Fsp3) is 0.385. The Kier molecular flexibility index (Phi) is 4.15. The highest BCUT2D eigenvalue weighted by Gasteiger charge is 2.26. The molecular weight excluding hydrogens is 250 g/mol. The van der Waals surface area contributed by atoms with Crippen LogP contribution in [0.5, 0.6) is 0 Å². The lowest BCUT2D eigenvalue weighted by Crippen LogP contribution is -2.27. The van der Waals surface area contributed by atoms with Crippen molar-refractivity contribution in [2.45, 2.75) is 12.8 Å². The molecule has 1 aliphatic rings. The van der Waals surface area contributed by atoms with Gasteiger partial charge >= 0.3 is 5.97 Å². The Bertz CT molecular complexity index is 453. The SMILES string of the molecule is O=C(O)CC1CCN(C(=O)C=Cc2cccs2)C1. The zero-order valence-corrected chi connectivity index (χ0v) is 10.7. The van der Waals surface area contributed by atoms with Gasteiger partial charge in [-0.2, -0.15) is 0 Å². The third-order valence-corrected chi connectivity index (χ3v) is 3.83. The minimum Gasteiger partial charge on any atom is -0.481 e. The number of thiophene rings is 1. The van der Waals surface area contributed by atoms with Crippen molar-refractivity contribution >= 4 is 29.3 Å². The Hall–Kier alpha value is -1.62.